The van der Waals surface area contributed by atoms with E-state index in [2.05, 4.69) is 0 Å². The predicted molar refractivity (Wildman–Crippen MR) is 82.8 cm³/mol. The minimum Gasteiger partial charge on any atom is -0.372 e. The van der Waals surface area contributed by atoms with E-state index in [1.54, 1.807) is 0 Å². The zero-order chi connectivity index (χ0) is 16.4. The molecule has 3 nitrogen and oxygen atoms in total. The van der Waals surface area contributed by atoms with E-state index in [9.17, 15) is 9.59 Å². The van der Waals surface area contributed by atoms with E-state index in [1.165, 1.54) is 0 Å². The van der Waals surface area contributed by atoms with Crippen molar-refractivity contribution in [2.45, 2.75) is 86.9 Å². The van der Waals surface area contributed by atoms with E-state index in [0.29, 0.717) is 12.8 Å². The van der Waals surface area contributed by atoms with Crippen LogP contribution in [0.2, 0.25) is 0 Å². The largest absolute Gasteiger partial charge is 0.372 e. The fourth-order valence-electron chi connectivity index (χ4n) is 1.68. The molecular formula is C17H32O3. The van der Waals surface area contributed by atoms with Gasteiger partial charge in [0.05, 0.1) is 11.7 Å². The van der Waals surface area contributed by atoms with Crippen LogP contribution in [0, 0.1) is 10.8 Å². The third-order valence-corrected chi connectivity index (χ3v) is 3.02. The Kier molecular flexibility index (Phi) is 6.16. The van der Waals surface area contributed by atoms with Crippen molar-refractivity contribution in [3.63, 3.8) is 0 Å². The molecule has 0 saturated carbocycles. The quantitative estimate of drug-likeness (QED) is 0.760. The number of carbonyl (C=O) groups is 2. The Morgan fingerprint density at radius 2 is 1.05 bits per heavy atom. The van der Waals surface area contributed by atoms with Crippen molar-refractivity contribution in [3.8, 4) is 0 Å². The van der Waals surface area contributed by atoms with Crippen LogP contribution in [0.15, 0.2) is 0 Å². The lowest BCUT2D eigenvalue weighted by Crippen LogP contribution is -2.36. The lowest BCUT2D eigenvalue weighted by Gasteiger charge is -2.30. The minimum absolute atomic E-state index is 0.133. The summed E-state index contributed by atoms with van der Waals surface area (Å²) in [4.78, 5) is 24.4. The number of carbonyl (C=O) groups excluding carboxylic acids is 2. The molecule has 0 aromatic rings. The van der Waals surface area contributed by atoms with Crippen LogP contribution in [0.1, 0.15) is 75.2 Å². The van der Waals surface area contributed by atoms with Gasteiger partial charge in [-0.05, 0) is 20.8 Å². The molecule has 0 aliphatic carbocycles. The fourth-order valence-corrected chi connectivity index (χ4v) is 1.68. The van der Waals surface area contributed by atoms with Crippen molar-refractivity contribution in [2.24, 2.45) is 10.8 Å². The first-order valence-electron chi connectivity index (χ1n) is 7.37. The van der Waals surface area contributed by atoms with E-state index in [4.69, 9.17) is 4.74 Å². The third kappa shape index (κ3) is 7.78. The molecule has 0 N–H and O–H groups in total. The van der Waals surface area contributed by atoms with Crippen molar-refractivity contribution >= 4 is 11.6 Å². The number of hydrogen-bond acceptors (Lipinski definition) is 3. The molecule has 0 radical (unpaired) electrons. The molecule has 0 bridgehead atoms. The second-order valence-corrected chi connectivity index (χ2v) is 8.61. The van der Waals surface area contributed by atoms with Gasteiger partial charge in [0.15, 0.2) is 0 Å². The molecule has 0 aromatic heterocycles. The van der Waals surface area contributed by atoms with E-state index in [-0.39, 0.29) is 23.3 Å². The molecule has 0 aromatic carbocycles. The van der Waals surface area contributed by atoms with E-state index < -0.39 is 10.8 Å². The SMILES string of the molecule is CC(C)(C)OC(CC(=O)C(C)(C)C)CC(=O)C(C)(C)C. The van der Waals surface area contributed by atoms with Gasteiger partial charge in [0.2, 0.25) is 0 Å². The molecule has 0 amide bonds. The third-order valence-electron chi connectivity index (χ3n) is 3.02. The lowest BCUT2D eigenvalue weighted by atomic mass is 9.83. The topological polar surface area (TPSA) is 43.4 Å². The van der Waals surface area contributed by atoms with Crippen LogP contribution in [-0.4, -0.2) is 23.3 Å². The van der Waals surface area contributed by atoms with Gasteiger partial charge in [-0.3, -0.25) is 9.59 Å². The molecule has 118 valence electrons. The van der Waals surface area contributed by atoms with Gasteiger partial charge >= 0.3 is 0 Å². The molecule has 0 aliphatic rings. The standard InChI is InChI=1S/C17H32O3/c1-15(2,3)13(18)10-12(20-17(7,8)9)11-14(19)16(4,5)6/h12H,10-11H2,1-9H3. The van der Waals surface area contributed by atoms with Gasteiger partial charge in [0, 0.05) is 23.7 Å². The maximum atomic E-state index is 12.2. The Balaban J connectivity index is 4.93. The van der Waals surface area contributed by atoms with Gasteiger partial charge in [0.1, 0.15) is 11.6 Å². The first-order chi connectivity index (χ1) is 8.63. The van der Waals surface area contributed by atoms with Crippen LogP contribution in [0.25, 0.3) is 0 Å². The van der Waals surface area contributed by atoms with Crippen molar-refractivity contribution < 1.29 is 14.3 Å². The second kappa shape index (κ2) is 6.38. The Morgan fingerprint density at radius 1 is 0.750 bits per heavy atom. The Bertz CT molecular complexity index is 320. The van der Waals surface area contributed by atoms with Crippen LogP contribution in [-0.2, 0) is 14.3 Å². The summed E-state index contributed by atoms with van der Waals surface area (Å²) in [6, 6.07) is 0. The van der Waals surface area contributed by atoms with Crippen molar-refractivity contribution in [3.05, 3.63) is 0 Å². The predicted octanol–water partition coefficient (Wildman–Crippen LogP) is 4.18. The van der Waals surface area contributed by atoms with E-state index in [1.807, 2.05) is 62.3 Å². The number of ketones is 2. The van der Waals surface area contributed by atoms with Gasteiger partial charge in [-0.2, -0.15) is 0 Å². The highest BCUT2D eigenvalue weighted by atomic mass is 16.5. The molecule has 3 heteroatoms. The molecule has 0 unspecified atom stereocenters. The highest BCUT2D eigenvalue weighted by Gasteiger charge is 2.31. The molecular weight excluding hydrogens is 252 g/mol. The normalized spacial score (nSPS) is 13.7. The molecule has 0 rings (SSSR count). The van der Waals surface area contributed by atoms with Gasteiger partial charge < -0.3 is 4.74 Å². The minimum atomic E-state index is -0.399. The van der Waals surface area contributed by atoms with Gasteiger partial charge in [0.25, 0.3) is 0 Å². The van der Waals surface area contributed by atoms with Crippen LogP contribution >= 0.6 is 0 Å². The van der Waals surface area contributed by atoms with Crippen LogP contribution in [0.4, 0.5) is 0 Å². The van der Waals surface area contributed by atoms with Crippen molar-refractivity contribution in [2.75, 3.05) is 0 Å². The summed E-state index contributed by atoms with van der Waals surface area (Å²) in [7, 11) is 0. The van der Waals surface area contributed by atoms with Gasteiger partial charge in [-0.15, -0.1) is 0 Å². The van der Waals surface area contributed by atoms with Crippen LogP contribution in [0.5, 0.6) is 0 Å². The molecule has 0 heterocycles. The number of ether oxygens (including phenoxy) is 1. The maximum absolute atomic E-state index is 12.2. The summed E-state index contributed by atoms with van der Waals surface area (Å²) in [6.45, 7) is 17.2. The summed E-state index contributed by atoms with van der Waals surface area (Å²) in [5.41, 5.74) is -1.16. The zero-order valence-electron chi connectivity index (χ0n) is 14.7. The number of Topliss-reactive ketones (excluding diaryl/α,β-unsaturated/α-hetero) is 2. The van der Waals surface area contributed by atoms with E-state index >= 15 is 0 Å². The van der Waals surface area contributed by atoms with Crippen LogP contribution in [0.3, 0.4) is 0 Å². The molecule has 20 heavy (non-hydrogen) atoms. The highest BCUT2D eigenvalue weighted by molar-refractivity contribution is 5.87. The van der Waals surface area contributed by atoms with Gasteiger partial charge in [-0.25, -0.2) is 0 Å². The maximum Gasteiger partial charge on any atom is 0.140 e. The fraction of sp³-hybridized carbons (Fsp3) is 0.882. The number of hydrogen-bond donors (Lipinski definition) is 0. The molecule has 0 saturated heterocycles. The molecule has 0 fully saturated rings. The molecule has 0 spiro atoms. The van der Waals surface area contributed by atoms with Crippen LogP contribution < -0.4 is 0 Å². The smallest absolute Gasteiger partial charge is 0.140 e. The Hall–Kier alpha value is -0.700. The molecule has 0 aliphatic heterocycles. The monoisotopic (exact) mass is 284 g/mol. The van der Waals surface area contributed by atoms with Gasteiger partial charge in [-0.1, -0.05) is 41.5 Å². The first-order valence-corrected chi connectivity index (χ1v) is 7.37. The number of rotatable bonds is 5. The van der Waals surface area contributed by atoms with Crippen molar-refractivity contribution in [1.82, 2.24) is 0 Å². The highest BCUT2D eigenvalue weighted by Crippen LogP contribution is 2.26. The molecule has 0 atom stereocenters. The summed E-state index contributed by atoms with van der Waals surface area (Å²) in [5, 5.41) is 0. The van der Waals surface area contributed by atoms with E-state index in [0.717, 1.165) is 0 Å². The van der Waals surface area contributed by atoms with Crippen molar-refractivity contribution in [1.29, 1.82) is 0 Å². The summed E-state index contributed by atoms with van der Waals surface area (Å²) in [6.07, 6.45) is 0.249. The Labute approximate surface area is 124 Å². The zero-order valence-corrected chi connectivity index (χ0v) is 14.7. The Morgan fingerprint density at radius 3 is 1.25 bits per heavy atom. The average molecular weight is 284 g/mol. The second-order valence-electron chi connectivity index (χ2n) is 8.61. The first kappa shape index (κ1) is 19.3. The lowest BCUT2D eigenvalue weighted by molar-refractivity contribution is -0.138. The summed E-state index contributed by atoms with van der Waals surface area (Å²) in [5.74, 6) is 0.266. The summed E-state index contributed by atoms with van der Waals surface area (Å²) >= 11 is 0. The summed E-state index contributed by atoms with van der Waals surface area (Å²) < 4.78 is 5.93. The average Bonchev–Trinajstić information content (AvgIpc) is 2.11.